The highest BCUT2D eigenvalue weighted by molar-refractivity contribution is 9.10. The second-order valence-corrected chi connectivity index (χ2v) is 8.52. The Morgan fingerprint density at radius 2 is 1.74 bits per heavy atom. The van der Waals surface area contributed by atoms with Gasteiger partial charge in [0.1, 0.15) is 23.3 Å². The lowest BCUT2D eigenvalue weighted by molar-refractivity contribution is 0.439. The second kappa shape index (κ2) is 8.17. The summed E-state index contributed by atoms with van der Waals surface area (Å²) >= 11 is 9.17. The summed E-state index contributed by atoms with van der Waals surface area (Å²) in [4.78, 5) is 6.56. The minimum atomic E-state index is -0.240. The van der Waals surface area contributed by atoms with Crippen LogP contribution in [-0.4, -0.2) is 15.2 Å². The molecule has 0 unspecified atom stereocenters. The van der Waals surface area contributed by atoms with Crippen molar-refractivity contribution in [3.05, 3.63) is 101 Å². The van der Waals surface area contributed by atoms with Gasteiger partial charge in [-0.15, -0.1) is 0 Å². The average Bonchev–Trinajstić information content (AvgIpc) is 3.40. The Bertz CT molecular complexity index is 1210. The van der Waals surface area contributed by atoms with Crippen LogP contribution in [0.1, 0.15) is 23.5 Å². The molecule has 154 valence electrons. The molecule has 1 aliphatic heterocycles. The predicted octanol–water partition coefficient (Wildman–Crippen LogP) is 5.99. The number of furan rings is 1. The van der Waals surface area contributed by atoms with E-state index in [2.05, 4.69) is 26.2 Å². The van der Waals surface area contributed by atoms with Crippen LogP contribution in [0.5, 0.6) is 5.75 Å². The quantitative estimate of drug-likeness (QED) is 0.342. The van der Waals surface area contributed by atoms with Crippen LogP contribution in [0.15, 0.2) is 93.9 Å². The van der Waals surface area contributed by atoms with E-state index in [1.807, 2.05) is 71.6 Å². The normalized spacial score (nSPS) is 18.2. The lowest BCUT2D eigenvalue weighted by Crippen LogP contribution is -2.29. The molecule has 0 radical (unpaired) electrons. The summed E-state index contributed by atoms with van der Waals surface area (Å²) in [5.41, 5.74) is 2.73. The van der Waals surface area contributed by atoms with Crippen molar-refractivity contribution in [3.8, 4) is 17.1 Å². The molecule has 2 aromatic carbocycles. The van der Waals surface area contributed by atoms with Gasteiger partial charge in [0.05, 0.1) is 11.7 Å². The van der Waals surface area contributed by atoms with E-state index in [-0.39, 0.29) is 17.8 Å². The van der Waals surface area contributed by atoms with Crippen molar-refractivity contribution in [2.75, 3.05) is 4.90 Å². The Morgan fingerprint density at radius 3 is 2.45 bits per heavy atom. The van der Waals surface area contributed by atoms with Crippen LogP contribution in [-0.2, 0) is 0 Å². The number of hydrogen-bond acceptors (Lipinski definition) is 4. The van der Waals surface area contributed by atoms with Crippen LogP contribution in [0.25, 0.3) is 11.3 Å². The van der Waals surface area contributed by atoms with Crippen LogP contribution in [0.4, 0.5) is 5.69 Å². The van der Waals surface area contributed by atoms with E-state index in [0.717, 1.165) is 32.9 Å². The van der Waals surface area contributed by atoms with E-state index in [1.165, 1.54) is 0 Å². The van der Waals surface area contributed by atoms with Gasteiger partial charge in [-0.1, -0.05) is 34.1 Å². The Morgan fingerprint density at radius 1 is 0.968 bits per heavy atom. The zero-order valence-corrected chi connectivity index (χ0v) is 18.7. The SMILES string of the molecule is Oc1ccc(N2C(=S)N[C@H](c3ccccn3)[C@@H]2c2ccc(-c3ccc(Br)cc3)o2)cc1. The molecule has 5 rings (SSSR count). The van der Waals surface area contributed by atoms with Crippen LogP contribution in [0.3, 0.4) is 0 Å². The van der Waals surface area contributed by atoms with Crippen molar-refractivity contribution in [2.45, 2.75) is 12.1 Å². The molecular formula is C24H18BrN3O2S. The maximum atomic E-state index is 9.73. The van der Waals surface area contributed by atoms with Gasteiger partial charge in [-0.2, -0.15) is 0 Å². The van der Waals surface area contributed by atoms with Gasteiger partial charge < -0.3 is 19.7 Å². The molecule has 4 aromatic rings. The number of aromatic nitrogens is 1. The number of rotatable bonds is 4. The molecule has 1 saturated heterocycles. The molecule has 0 aliphatic carbocycles. The molecule has 2 atom stereocenters. The molecule has 1 fully saturated rings. The molecule has 0 spiro atoms. The standard InChI is InChI=1S/C24H18BrN3O2S/c25-16-6-4-15(5-7-16)20-12-13-21(30-20)23-22(19-3-1-2-14-26-19)27-24(31)28(23)17-8-10-18(29)11-9-17/h1-14,22-23,29H,(H,27,31)/t22-,23+/m1/s1. The monoisotopic (exact) mass is 491 g/mol. The Labute approximate surface area is 193 Å². The molecule has 0 bridgehead atoms. The topological polar surface area (TPSA) is 61.5 Å². The number of anilines is 1. The predicted molar refractivity (Wildman–Crippen MR) is 128 cm³/mol. The van der Waals surface area contributed by atoms with Crippen LogP contribution < -0.4 is 10.2 Å². The van der Waals surface area contributed by atoms with E-state index in [4.69, 9.17) is 16.6 Å². The number of nitrogens with zero attached hydrogens (tertiary/aromatic N) is 2. The first-order valence-corrected chi connectivity index (χ1v) is 11.0. The average molecular weight is 492 g/mol. The van der Waals surface area contributed by atoms with Gasteiger partial charge >= 0.3 is 0 Å². The summed E-state index contributed by atoms with van der Waals surface area (Å²) in [7, 11) is 0. The number of aromatic hydroxyl groups is 1. The highest BCUT2D eigenvalue weighted by Crippen LogP contribution is 2.43. The molecule has 1 aliphatic rings. The van der Waals surface area contributed by atoms with Crippen LogP contribution in [0, 0.1) is 0 Å². The number of nitrogens with one attached hydrogen (secondary N) is 1. The Balaban J connectivity index is 1.59. The third kappa shape index (κ3) is 3.82. The van der Waals surface area contributed by atoms with Crippen molar-refractivity contribution >= 4 is 38.9 Å². The zero-order chi connectivity index (χ0) is 21.4. The van der Waals surface area contributed by atoms with Gasteiger partial charge in [-0.25, -0.2) is 0 Å². The van der Waals surface area contributed by atoms with Gasteiger partial charge in [-0.05, 0) is 72.9 Å². The van der Waals surface area contributed by atoms with Crippen LogP contribution >= 0.6 is 28.1 Å². The summed E-state index contributed by atoms with van der Waals surface area (Å²) in [6.45, 7) is 0. The number of benzene rings is 2. The first-order valence-electron chi connectivity index (χ1n) is 9.75. The lowest BCUT2D eigenvalue weighted by atomic mass is 10.0. The van der Waals surface area contributed by atoms with E-state index in [1.54, 1.807) is 18.3 Å². The van der Waals surface area contributed by atoms with E-state index in [9.17, 15) is 5.11 Å². The molecule has 31 heavy (non-hydrogen) atoms. The fraction of sp³-hybridized carbons (Fsp3) is 0.0833. The number of thiocarbonyl (C=S) groups is 1. The fourth-order valence-corrected chi connectivity index (χ4v) is 4.43. The van der Waals surface area contributed by atoms with Crippen molar-refractivity contribution in [1.82, 2.24) is 10.3 Å². The molecule has 2 N–H and O–H groups in total. The zero-order valence-electron chi connectivity index (χ0n) is 16.3. The van der Waals surface area contributed by atoms with Gasteiger partial charge in [0.2, 0.25) is 0 Å². The van der Waals surface area contributed by atoms with Gasteiger partial charge in [0, 0.05) is 21.9 Å². The molecule has 3 heterocycles. The highest BCUT2D eigenvalue weighted by Gasteiger charge is 2.42. The second-order valence-electron chi connectivity index (χ2n) is 7.22. The Kier molecular flexibility index (Phi) is 5.21. The minimum Gasteiger partial charge on any atom is -0.508 e. The van der Waals surface area contributed by atoms with Crippen molar-refractivity contribution in [1.29, 1.82) is 0 Å². The van der Waals surface area contributed by atoms with E-state index in [0.29, 0.717) is 5.11 Å². The number of phenolic OH excluding ortho intramolecular Hbond substituents is 1. The number of phenols is 1. The molecule has 0 amide bonds. The fourth-order valence-electron chi connectivity index (χ4n) is 3.82. The van der Waals surface area contributed by atoms with Crippen molar-refractivity contribution < 1.29 is 9.52 Å². The largest absolute Gasteiger partial charge is 0.508 e. The van der Waals surface area contributed by atoms with Crippen molar-refractivity contribution in [3.63, 3.8) is 0 Å². The molecular weight excluding hydrogens is 474 g/mol. The summed E-state index contributed by atoms with van der Waals surface area (Å²) in [6, 6.07) is 24.4. The van der Waals surface area contributed by atoms with E-state index < -0.39 is 0 Å². The molecule has 0 saturated carbocycles. The lowest BCUT2D eigenvalue weighted by Gasteiger charge is -2.26. The van der Waals surface area contributed by atoms with Gasteiger partial charge in [-0.3, -0.25) is 4.98 Å². The molecule has 5 nitrogen and oxygen atoms in total. The van der Waals surface area contributed by atoms with Crippen LogP contribution in [0.2, 0.25) is 0 Å². The van der Waals surface area contributed by atoms with Crippen molar-refractivity contribution in [2.24, 2.45) is 0 Å². The maximum Gasteiger partial charge on any atom is 0.174 e. The first kappa shape index (κ1) is 19.8. The van der Waals surface area contributed by atoms with Gasteiger partial charge in [0.25, 0.3) is 0 Å². The third-order valence-electron chi connectivity index (χ3n) is 5.27. The smallest absolute Gasteiger partial charge is 0.174 e. The summed E-state index contributed by atoms with van der Waals surface area (Å²) in [5, 5.41) is 13.7. The number of halogens is 1. The highest BCUT2D eigenvalue weighted by atomic mass is 79.9. The Hall–Kier alpha value is -3.16. The summed E-state index contributed by atoms with van der Waals surface area (Å²) in [5.74, 6) is 1.76. The van der Waals surface area contributed by atoms with Gasteiger partial charge in [0.15, 0.2) is 5.11 Å². The first-order chi connectivity index (χ1) is 15.1. The third-order valence-corrected chi connectivity index (χ3v) is 6.12. The maximum absolute atomic E-state index is 9.73. The molecule has 7 heteroatoms. The summed E-state index contributed by atoms with van der Waals surface area (Å²) < 4.78 is 7.35. The minimum absolute atomic E-state index is 0.188. The van der Waals surface area contributed by atoms with E-state index >= 15 is 0 Å². The molecule has 2 aromatic heterocycles. The number of hydrogen-bond donors (Lipinski definition) is 2. The number of pyridine rings is 1. The summed E-state index contributed by atoms with van der Waals surface area (Å²) in [6.07, 6.45) is 1.77.